The summed E-state index contributed by atoms with van der Waals surface area (Å²) in [6.45, 7) is 14.4. The Morgan fingerprint density at radius 1 is 1.08 bits per heavy atom. The smallest absolute Gasteiger partial charge is 0.221 e. The zero-order chi connectivity index (χ0) is 27.2. The Kier molecular flexibility index (Phi) is 13.3. The molecule has 0 aliphatic heterocycles. The van der Waals surface area contributed by atoms with Crippen LogP contribution in [0.1, 0.15) is 97.2 Å². The first kappa shape index (κ1) is 30.4. The molecule has 1 N–H and O–H groups in total. The van der Waals surface area contributed by atoms with E-state index in [1.54, 1.807) is 6.92 Å². The Labute approximate surface area is 227 Å². The molecule has 37 heavy (non-hydrogen) atoms. The summed E-state index contributed by atoms with van der Waals surface area (Å²) in [4.78, 5) is 14.6. The molecule has 2 aromatic rings. The van der Waals surface area contributed by atoms with Gasteiger partial charge in [0, 0.05) is 25.7 Å². The van der Waals surface area contributed by atoms with Crippen LogP contribution in [-0.4, -0.2) is 23.4 Å². The van der Waals surface area contributed by atoms with Crippen molar-refractivity contribution in [1.82, 2.24) is 4.37 Å². The van der Waals surface area contributed by atoms with Crippen LogP contribution in [0.3, 0.4) is 0 Å². The Balaban J connectivity index is 2.43. The normalized spacial score (nSPS) is 12.9. The van der Waals surface area contributed by atoms with Crippen molar-refractivity contribution >= 4 is 39.5 Å². The monoisotopic (exact) mass is 524 g/mol. The third-order valence-corrected chi connectivity index (χ3v) is 7.73. The number of carbonyl (C=O) groups is 1. The van der Waals surface area contributed by atoms with Crippen molar-refractivity contribution in [2.45, 2.75) is 92.9 Å². The lowest BCUT2D eigenvalue weighted by molar-refractivity contribution is -0.114. The van der Waals surface area contributed by atoms with Gasteiger partial charge >= 0.3 is 0 Å². The third-order valence-electron chi connectivity index (χ3n) is 6.90. The predicted octanol–water partition coefficient (Wildman–Crippen LogP) is 8.94. The highest BCUT2D eigenvalue weighted by molar-refractivity contribution is 7.10. The van der Waals surface area contributed by atoms with Crippen molar-refractivity contribution in [3.8, 4) is 6.07 Å². The first-order valence-electron chi connectivity index (χ1n) is 13.8. The van der Waals surface area contributed by atoms with E-state index in [9.17, 15) is 10.1 Å². The highest BCUT2D eigenvalue weighted by Gasteiger charge is 2.19. The molecule has 1 heterocycles. The molecule has 2 unspecified atom stereocenters. The number of anilines is 2. The number of carbonyl (C=O) groups excluding carboxylic acids is 1. The summed E-state index contributed by atoms with van der Waals surface area (Å²) < 4.78 is 4.21. The van der Waals surface area contributed by atoms with E-state index in [1.807, 2.05) is 12.1 Å². The quantitative estimate of drug-likeness (QED) is 0.222. The molecule has 7 nitrogen and oxygen atoms in total. The minimum absolute atomic E-state index is 0.157. The summed E-state index contributed by atoms with van der Waals surface area (Å²) >= 11 is 1.15. The second-order valence-electron chi connectivity index (χ2n) is 9.88. The number of benzene rings is 1. The van der Waals surface area contributed by atoms with E-state index in [1.165, 1.54) is 45.4 Å². The van der Waals surface area contributed by atoms with Gasteiger partial charge in [0.1, 0.15) is 17.3 Å². The van der Waals surface area contributed by atoms with Crippen LogP contribution < -0.4 is 10.2 Å². The van der Waals surface area contributed by atoms with Crippen LogP contribution in [0, 0.1) is 30.1 Å². The average molecular weight is 525 g/mol. The fourth-order valence-electron chi connectivity index (χ4n) is 4.50. The lowest BCUT2D eigenvalue weighted by atomic mass is 9.95. The summed E-state index contributed by atoms with van der Waals surface area (Å²) in [5, 5.41) is 21.5. The molecule has 8 heteroatoms. The highest BCUT2D eigenvalue weighted by Crippen LogP contribution is 2.35. The molecule has 0 saturated carbocycles. The molecule has 1 aromatic carbocycles. The third kappa shape index (κ3) is 9.55. The second kappa shape index (κ2) is 16.1. The van der Waals surface area contributed by atoms with Gasteiger partial charge in [0.15, 0.2) is 5.00 Å². The van der Waals surface area contributed by atoms with Gasteiger partial charge in [0.05, 0.1) is 11.4 Å². The number of azo groups is 1. The van der Waals surface area contributed by atoms with E-state index in [4.69, 9.17) is 0 Å². The van der Waals surface area contributed by atoms with Crippen molar-refractivity contribution in [1.29, 1.82) is 5.26 Å². The number of aromatic nitrogens is 1. The minimum Gasteiger partial charge on any atom is -0.371 e. The van der Waals surface area contributed by atoms with E-state index in [0.717, 1.165) is 43.2 Å². The Morgan fingerprint density at radius 2 is 1.70 bits per heavy atom. The predicted molar refractivity (Wildman–Crippen MR) is 155 cm³/mol. The molecule has 2 atom stereocenters. The summed E-state index contributed by atoms with van der Waals surface area (Å²) in [6.07, 6.45) is 9.69. The van der Waals surface area contributed by atoms with Crippen LogP contribution in [0.5, 0.6) is 0 Å². The molecule has 1 amide bonds. The van der Waals surface area contributed by atoms with Crippen molar-refractivity contribution in [3.63, 3.8) is 0 Å². The maximum Gasteiger partial charge on any atom is 0.221 e. The Bertz CT molecular complexity index is 1040. The lowest BCUT2D eigenvalue weighted by Gasteiger charge is -2.33. The van der Waals surface area contributed by atoms with Crippen LogP contribution in [0.25, 0.3) is 0 Å². The number of unbranched alkanes of at least 4 members (excludes halogenated alkanes) is 2. The molecule has 0 spiro atoms. The number of rotatable bonds is 16. The summed E-state index contributed by atoms with van der Waals surface area (Å²) in [5.74, 6) is 1.10. The fourth-order valence-corrected chi connectivity index (χ4v) is 5.17. The molecular weight excluding hydrogens is 480 g/mol. The van der Waals surface area contributed by atoms with Gasteiger partial charge < -0.3 is 10.2 Å². The second-order valence-corrected chi connectivity index (χ2v) is 10.6. The average Bonchev–Trinajstić information content (AvgIpc) is 3.25. The molecule has 2 rings (SSSR count). The molecule has 0 saturated heterocycles. The highest BCUT2D eigenvalue weighted by atomic mass is 32.1. The maximum atomic E-state index is 12.1. The minimum atomic E-state index is -0.157. The molecule has 0 aliphatic carbocycles. The number of nitriles is 1. The SMILES string of the molecule is CCCCC(CC)CN(CC(CC)CCCC)c1ccc(N=Nc2snc(C)c2C#N)c(NC(C)=O)c1. The topological polar surface area (TPSA) is 93.7 Å². The fraction of sp³-hybridized carbons (Fsp3) is 0.621. The van der Waals surface area contributed by atoms with E-state index >= 15 is 0 Å². The first-order valence-corrected chi connectivity index (χ1v) is 14.6. The van der Waals surface area contributed by atoms with Crippen LogP contribution in [0.15, 0.2) is 28.4 Å². The van der Waals surface area contributed by atoms with Gasteiger partial charge in [-0.3, -0.25) is 4.79 Å². The maximum absolute atomic E-state index is 12.1. The lowest BCUT2D eigenvalue weighted by Crippen LogP contribution is -2.34. The van der Waals surface area contributed by atoms with E-state index in [2.05, 4.69) is 64.6 Å². The van der Waals surface area contributed by atoms with E-state index in [-0.39, 0.29) is 5.91 Å². The first-order chi connectivity index (χ1) is 17.9. The van der Waals surface area contributed by atoms with Crippen LogP contribution >= 0.6 is 11.5 Å². The van der Waals surface area contributed by atoms with Crippen molar-refractivity contribution in [3.05, 3.63) is 29.5 Å². The van der Waals surface area contributed by atoms with Gasteiger partial charge in [-0.15, -0.1) is 10.2 Å². The van der Waals surface area contributed by atoms with Crippen molar-refractivity contribution < 1.29 is 4.79 Å². The molecule has 202 valence electrons. The van der Waals surface area contributed by atoms with Crippen LogP contribution in [-0.2, 0) is 4.79 Å². The molecule has 1 aromatic heterocycles. The largest absolute Gasteiger partial charge is 0.371 e. The van der Waals surface area contributed by atoms with Crippen molar-refractivity contribution in [2.24, 2.45) is 22.1 Å². The molecule has 0 fully saturated rings. The number of aryl methyl sites for hydroxylation is 1. The summed E-state index contributed by atoms with van der Waals surface area (Å²) in [6, 6.07) is 8.17. The van der Waals surface area contributed by atoms with Crippen LogP contribution in [0.2, 0.25) is 0 Å². The van der Waals surface area contributed by atoms with E-state index in [0.29, 0.717) is 39.5 Å². The number of nitrogens with zero attached hydrogens (tertiary/aromatic N) is 5. The van der Waals surface area contributed by atoms with Gasteiger partial charge in [-0.05, 0) is 61.3 Å². The van der Waals surface area contributed by atoms with Gasteiger partial charge in [0.2, 0.25) is 5.91 Å². The molecular formula is C29H44N6OS. The summed E-state index contributed by atoms with van der Waals surface area (Å²) in [5.41, 5.74) is 3.37. The van der Waals surface area contributed by atoms with Crippen LogP contribution in [0.4, 0.5) is 22.1 Å². The Morgan fingerprint density at radius 3 is 2.22 bits per heavy atom. The zero-order valence-corrected chi connectivity index (χ0v) is 24.3. The zero-order valence-electron chi connectivity index (χ0n) is 23.5. The standard InChI is InChI=1S/C29H44N6OS/c1-7-11-13-23(9-3)19-35(20-24(10-4)14-12-8-2)25-15-16-27(28(17-25)31-22(6)36)32-33-29-26(18-30)21(5)34-37-29/h15-17,23-24H,7-14,19-20H2,1-6H3,(H,31,36). The van der Waals surface area contributed by atoms with E-state index < -0.39 is 0 Å². The summed E-state index contributed by atoms with van der Waals surface area (Å²) in [7, 11) is 0. The van der Waals surface area contributed by atoms with Crippen molar-refractivity contribution in [2.75, 3.05) is 23.3 Å². The van der Waals surface area contributed by atoms with Gasteiger partial charge in [-0.25, -0.2) is 0 Å². The van der Waals surface area contributed by atoms with Gasteiger partial charge in [-0.1, -0.05) is 66.2 Å². The molecule has 0 bridgehead atoms. The number of hydrogen-bond donors (Lipinski definition) is 1. The number of amides is 1. The Hall–Kier alpha value is -2.79. The molecule has 0 radical (unpaired) electrons. The number of hydrogen-bond acceptors (Lipinski definition) is 7. The molecule has 0 aliphatic rings. The van der Waals surface area contributed by atoms with Gasteiger partial charge in [0.25, 0.3) is 0 Å². The van der Waals surface area contributed by atoms with Gasteiger partial charge in [-0.2, -0.15) is 9.64 Å². The number of nitrogens with one attached hydrogen (secondary N) is 1.